The molecule has 0 aromatic heterocycles. The SMILES string of the molecule is Cc1cc(S(=O)N2CCN(c3ccccc3F)CC2)ccc1OC(C)(C)C(=O)N=O. The summed E-state index contributed by atoms with van der Waals surface area (Å²) in [5.41, 5.74) is -0.129. The highest BCUT2D eigenvalue weighted by Crippen LogP contribution is 2.27. The minimum Gasteiger partial charge on any atom is -0.478 e. The van der Waals surface area contributed by atoms with Crippen LogP contribution in [0, 0.1) is 17.6 Å². The van der Waals surface area contributed by atoms with Crippen LogP contribution in [0.1, 0.15) is 19.4 Å². The summed E-state index contributed by atoms with van der Waals surface area (Å²) in [7, 11) is -1.38. The Morgan fingerprint density at radius 3 is 2.40 bits per heavy atom. The van der Waals surface area contributed by atoms with E-state index in [9.17, 15) is 18.3 Å². The van der Waals surface area contributed by atoms with Gasteiger partial charge in [-0.1, -0.05) is 12.1 Å². The molecule has 0 N–H and O–H groups in total. The first kappa shape index (κ1) is 22.0. The molecule has 1 saturated heterocycles. The summed E-state index contributed by atoms with van der Waals surface area (Å²) in [6.07, 6.45) is 0. The fourth-order valence-electron chi connectivity index (χ4n) is 3.23. The maximum absolute atomic E-state index is 14.0. The van der Waals surface area contributed by atoms with Gasteiger partial charge in [-0.3, -0.25) is 4.79 Å². The molecule has 1 aliphatic rings. The van der Waals surface area contributed by atoms with Crippen molar-refractivity contribution in [3.05, 3.63) is 58.8 Å². The molecule has 7 nitrogen and oxygen atoms in total. The summed E-state index contributed by atoms with van der Waals surface area (Å²) in [5, 5.41) is 2.43. The zero-order valence-electron chi connectivity index (χ0n) is 17.1. The number of anilines is 1. The Morgan fingerprint density at radius 1 is 1.13 bits per heavy atom. The van der Waals surface area contributed by atoms with E-state index >= 15 is 0 Å². The van der Waals surface area contributed by atoms with Gasteiger partial charge in [-0.2, -0.15) is 0 Å². The number of amides is 1. The molecule has 1 heterocycles. The summed E-state index contributed by atoms with van der Waals surface area (Å²) in [4.78, 5) is 24.7. The number of benzene rings is 2. The number of hydrogen-bond acceptors (Lipinski definition) is 5. The van der Waals surface area contributed by atoms with E-state index < -0.39 is 22.5 Å². The molecule has 30 heavy (non-hydrogen) atoms. The number of piperazine rings is 1. The van der Waals surface area contributed by atoms with Gasteiger partial charge >= 0.3 is 5.91 Å². The lowest BCUT2D eigenvalue weighted by Crippen LogP contribution is -2.47. The van der Waals surface area contributed by atoms with Gasteiger partial charge in [0.1, 0.15) is 22.6 Å². The van der Waals surface area contributed by atoms with Crippen LogP contribution in [0.15, 0.2) is 52.5 Å². The van der Waals surface area contributed by atoms with Crippen molar-refractivity contribution in [2.24, 2.45) is 5.18 Å². The van der Waals surface area contributed by atoms with Gasteiger partial charge in [0, 0.05) is 31.4 Å². The summed E-state index contributed by atoms with van der Waals surface area (Å²) in [5.74, 6) is -0.742. The second-order valence-electron chi connectivity index (χ2n) is 7.55. The van der Waals surface area contributed by atoms with Gasteiger partial charge in [-0.25, -0.2) is 12.9 Å². The molecule has 1 aliphatic heterocycles. The second-order valence-corrected chi connectivity index (χ2v) is 9.04. The molecular weight excluding hydrogens is 409 g/mol. The minimum absolute atomic E-state index is 0.260. The molecule has 1 unspecified atom stereocenters. The van der Waals surface area contributed by atoms with E-state index in [1.807, 2.05) is 9.21 Å². The lowest BCUT2D eigenvalue weighted by molar-refractivity contribution is -0.130. The molecular formula is C21H24FN3O4S. The number of carbonyl (C=O) groups excluding carboxylic acids is 1. The third kappa shape index (κ3) is 4.73. The van der Waals surface area contributed by atoms with E-state index in [2.05, 4.69) is 5.18 Å². The Balaban J connectivity index is 1.66. The van der Waals surface area contributed by atoms with Crippen molar-refractivity contribution in [2.75, 3.05) is 31.1 Å². The Hall–Kier alpha value is -2.65. The van der Waals surface area contributed by atoms with Gasteiger partial charge in [-0.15, -0.1) is 4.91 Å². The molecule has 0 spiro atoms. The number of para-hydroxylation sites is 1. The first-order valence-corrected chi connectivity index (χ1v) is 10.7. The fraction of sp³-hybridized carbons (Fsp3) is 0.381. The number of hydrogen-bond donors (Lipinski definition) is 0. The first-order valence-electron chi connectivity index (χ1n) is 9.56. The Bertz CT molecular complexity index is 974. The van der Waals surface area contributed by atoms with E-state index in [0.717, 1.165) is 0 Å². The second kappa shape index (κ2) is 9.01. The summed E-state index contributed by atoms with van der Waals surface area (Å²) in [6.45, 7) is 6.93. The number of nitroso groups, excluding NO2 is 1. The number of rotatable bonds is 6. The molecule has 0 radical (unpaired) electrons. The normalized spacial score (nSPS) is 16.2. The highest BCUT2D eigenvalue weighted by atomic mass is 32.2. The van der Waals surface area contributed by atoms with E-state index in [4.69, 9.17) is 4.74 Å². The Morgan fingerprint density at radius 2 is 1.80 bits per heavy atom. The third-order valence-corrected chi connectivity index (χ3v) is 6.47. The number of carbonyl (C=O) groups is 1. The molecule has 2 aromatic carbocycles. The van der Waals surface area contributed by atoms with Crippen LogP contribution in [-0.2, 0) is 15.8 Å². The number of aryl methyl sites for hydroxylation is 1. The number of nitrogens with zero attached hydrogens (tertiary/aromatic N) is 3. The van der Waals surface area contributed by atoms with Crippen LogP contribution in [-0.4, -0.2) is 46.2 Å². The van der Waals surface area contributed by atoms with Crippen LogP contribution in [0.25, 0.3) is 0 Å². The molecule has 0 saturated carbocycles. The Kier molecular flexibility index (Phi) is 6.62. The van der Waals surface area contributed by atoms with Crippen molar-refractivity contribution in [1.82, 2.24) is 4.31 Å². The fourth-order valence-corrected chi connectivity index (χ4v) is 4.48. The predicted octanol–water partition coefficient (Wildman–Crippen LogP) is 3.43. The first-order chi connectivity index (χ1) is 14.2. The van der Waals surface area contributed by atoms with Crippen LogP contribution in [0.4, 0.5) is 10.1 Å². The number of ether oxygens (including phenoxy) is 1. The smallest absolute Gasteiger partial charge is 0.328 e. The van der Waals surface area contributed by atoms with Gasteiger partial charge in [0.05, 0.1) is 10.6 Å². The minimum atomic E-state index is -1.38. The molecule has 0 aliphatic carbocycles. The molecule has 160 valence electrons. The quantitative estimate of drug-likeness (QED) is 0.652. The average molecular weight is 434 g/mol. The largest absolute Gasteiger partial charge is 0.478 e. The predicted molar refractivity (Wildman–Crippen MR) is 113 cm³/mol. The average Bonchev–Trinajstić information content (AvgIpc) is 2.74. The lowest BCUT2D eigenvalue weighted by atomic mass is 10.1. The summed E-state index contributed by atoms with van der Waals surface area (Å²) in [6, 6.07) is 11.7. The highest BCUT2D eigenvalue weighted by Gasteiger charge is 2.32. The van der Waals surface area contributed by atoms with Crippen molar-refractivity contribution in [2.45, 2.75) is 31.3 Å². The van der Waals surface area contributed by atoms with Gasteiger partial charge in [-0.05, 0) is 56.7 Å². The monoisotopic (exact) mass is 433 g/mol. The molecule has 1 atom stereocenters. The van der Waals surface area contributed by atoms with Crippen LogP contribution in [0.2, 0.25) is 0 Å². The molecule has 1 amide bonds. The zero-order valence-corrected chi connectivity index (χ0v) is 17.9. The Labute approximate surface area is 177 Å². The van der Waals surface area contributed by atoms with Crippen molar-refractivity contribution in [3.63, 3.8) is 0 Å². The van der Waals surface area contributed by atoms with Crippen LogP contribution in [0.3, 0.4) is 0 Å². The van der Waals surface area contributed by atoms with Crippen molar-refractivity contribution in [3.8, 4) is 5.75 Å². The van der Waals surface area contributed by atoms with Crippen LogP contribution < -0.4 is 9.64 Å². The molecule has 9 heteroatoms. The van der Waals surface area contributed by atoms with Gasteiger partial charge in [0.15, 0.2) is 5.60 Å². The maximum Gasteiger partial charge on any atom is 0.328 e. The molecule has 2 aromatic rings. The zero-order chi connectivity index (χ0) is 21.9. The van der Waals surface area contributed by atoms with Gasteiger partial charge < -0.3 is 9.64 Å². The molecule has 1 fully saturated rings. The topological polar surface area (TPSA) is 79.3 Å². The summed E-state index contributed by atoms with van der Waals surface area (Å²) < 4.78 is 34.5. The van der Waals surface area contributed by atoms with Gasteiger partial charge in [0.2, 0.25) is 0 Å². The van der Waals surface area contributed by atoms with E-state index in [-0.39, 0.29) is 5.82 Å². The van der Waals surface area contributed by atoms with E-state index in [0.29, 0.717) is 48.1 Å². The lowest BCUT2D eigenvalue weighted by Gasteiger charge is -2.35. The number of halogens is 1. The standard InChI is InChI=1S/C21H24FN3O4S/c1-15-14-16(8-9-19(15)29-21(2,3)20(26)23-27)30(28)25-12-10-24(11-13-25)18-7-5-4-6-17(18)22/h4-9,14H,10-13H2,1-3H3. The van der Waals surface area contributed by atoms with Gasteiger partial charge in [0.25, 0.3) is 0 Å². The van der Waals surface area contributed by atoms with Crippen molar-refractivity contribution < 1.29 is 18.1 Å². The molecule has 3 rings (SSSR count). The van der Waals surface area contributed by atoms with E-state index in [1.54, 1.807) is 43.3 Å². The maximum atomic E-state index is 14.0. The van der Waals surface area contributed by atoms with E-state index in [1.165, 1.54) is 19.9 Å². The van der Waals surface area contributed by atoms with Crippen LogP contribution in [0.5, 0.6) is 5.75 Å². The third-order valence-electron chi connectivity index (χ3n) is 4.98. The highest BCUT2D eigenvalue weighted by molar-refractivity contribution is 7.82. The summed E-state index contributed by atoms with van der Waals surface area (Å²) >= 11 is 0. The molecule has 0 bridgehead atoms. The van der Waals surface area contributed by atoms with Crippen LogP contribution >= 0.6 is 0 Å². The van der Waals surface area contributed by atoms with Crippen molar-refractivity contribution in [1.29, 1.82) is 0 Å². The van der Waals surface area contributed by atoms with Crippen molar-refractivity contribution >= 4 is 22.6 Å².